The Labute approximate surface area is 78.5 Å². The van der Waals surface area contributed by atoms with E-state index in [0.717, 1.165) is 5.01 Å². The van der Waals surface area contributed by atoms with E-state index in [1.54, 1.807) is 29.3 Å². The quantitative estimate of drug-likeness (QED) is 0.750. The summed E-state index contributed by atoms with van der Waals surface area (Å²) in [5.41, 5.74) is 0. The van der Waals surface area contributed by atoms with Gasteiger partial charge in [-0.3, -0.25) is 0 Å². The summed E-state index contributed by atoms with van der Waals surface area (Å²) in [6.07, 6.45) is 3.58. The lowest BCUT2D eigenvalue weighted by molar-refractivity contribution is 0.237. The second-order valence-corrected chi connectivity index (χ2v) is 4.49. The van der Waals surface area contributed by atoms with E-state index in [-0.39, 0.29) is 6.61 Å². The number of aromatic nitrogens is 1. The standard InChI is InChI=1S/C7H8N2OS2/c10-5-7(9-2-4-12-7)6-8-1-3-11-6/h1-4,9-10H,5H2/t7-/m1/s1. The molecule has 0 spiro atoms. The van der Waals surface area contributed by atoms with Gasteiger partial charge in [-0.15, -0.1) is 11.3 Å². The lowest BCUT2D eigenvalue weighted by Gasteiger charge is -2.23. The van der Waals surface area contributed by atoms with Crippen molar-refractivity contribution in [2.75, 3.05) is 6.61 Å². The third-order valence-electron chi connectivity index (χ3n) is 1.65. The molecule has 0 amide bonds. The summed E-state index contributed by atoms with van der Waals surface area (Å²) in [7, 11) is 0. The maximum absolute atomic E-state index is 9.23. The van der Waals surface area contributed by atoms with E-state index in [1.807, 2.05) is 17.0 Å². The van der Waals surface area contributed by atoms with E-state index in [4.69, 9.17) is 0 Å². The molecule has 2 rings (SSSR count). The second-order valence-electron chi connectivity index (χ2n) is 2.39. The summed E-state index contributed by atoms with van der Waals surface area (Å²) in [6.45, 7) is 0.0537. The van der Waals surface area contributed by atoms with Crippen molar-refractivity contribution in [3.8, 4) is 0 Å². The lowest BCUT2D eigenvalue weighted by Crippen LogP contribution is -2.36. The van der Waals surface area contributed by atoms with Gasteiger partial charge in [-0.25, -0.2) is 4.98 Å². The minimum Gasteiger partial charge on any atom is -0.393 e. The predicted molar refractivity (Wildman–Crippen MR) is 50.7 cm³/mol. The first-order valence-electron chi connectivity index (χ1n) is 3.49. The number of aliphatic hydroxyl groups excluding tert-OH is 1. The smallest absolute Gasteiger partial charge is 0.163 e. The average molecular weight is 200 g/mol. The Morgan fingerprint density at radius 3 is 3.08 bits per heavy atom. The molecule has 5 heteroatoms. The van der Waals surface area contributed by atoms with Gasteiger partial charge in [0.1, 0.15) is 5.01 Å². The number of hydrogen-bond donors (Lipinski definition) is 2. The molecule has 0 fully saturated rings. The van der Waals surface area contributed by atoms with Crippen LogP contribution >= 0.6 is 23.1 Å². The van der Waals surface area contributed by atoms with E-state index in [9.17, 15) is 5.11 Å². The Morgan fingerprint density at radius 1 is 1.67 bits per heavy atom. The number of hydrogen-bond acceptors (Lipinski definition) is 5. The van der Waals surface area contributed by atoms with Gasteiger partial charge >= 0.3 is 0 Å². The Morgan fingerprint density at radius 2 is 2.58 bits per heavy atom. The molecule has 1 aliphatic rings. The minimum atomic E-state index is -0.422. The highest BCUT2D eigenvalue weighted by Gasteiger charge is 2.35. The molecule has 2 heterocycles. The highest BCUT2D eigenvalue weighted by atomic mass is 32.2. The maximum Gasteiger partial charge on any atom is 0.163 e. The third-order valence-corrected chi connectivity index (χ3v) is 3.83. The fourth-order valence-electron chi connectivity index (χ4n) is 1.04. The fraction of sp³-hybridized carbons (Fsp3) is 0.286. The molecule has 0 aliphatic carbocycles. The molecule has 1 aromatic heterocycles. The Balaban J connectivity index is 2.30. The van der Waals surface area contributed by atoms with Crippen molar-refractivity contribution in [3.63, 3.8) is 0 Å². The van der Waals surface area contributed by atoms with Crippen LogP contribution in [-0.4, -0.2) is 16.7 Å². The van der Waals surface area contributed by atoms with Crippen LogP contribution in [0.1, 0.15) is 5.01 Å². The summed E-state index contributed by atoms with van der Waals surface area (Å²) in [5, 5.41) is 17.1. The molecular weight excluding hydrogens is 192 g/mol. The minimum absolute atomic E-state index is 0.0537. The highest BCUT2D eigenvalue weighted by molar-refractivity contribution is 8.03. The number of thiazole rings is 1. The average Bonchev–Trinajstić information content (AvgIpc) is 2.76. The molecule has 64 valence electrons. The number of rotatable bonds is 2. The van der Waals surface area contributed by atoms with E-state index < -0.39 is 4.87 Å². The molecule has 1 aromatic rings. The van der Waals surface area contributed by atoms with Crippen LogP contribution in [0, 0.1) is 0 Å². The predicted octanol–water partition coefficient (Wildman–Crippen LogP) is 1.10. The molecule has 1 aliphatic heterocycles. The zero-order valence-corrected chi connectivity index (χ0v) is 7.86. The zero-order chi connectivity index (χ0) is 8.44. The first-order valence-corrected chi connectivity index (χ1v) is 5.25. The normalized spacial score (nSPS) is 27.4. The Hall–Kier alpha value is -0.520. The van der Waals surface area contributed by atoms with E-state index in [0.29, 0.717) is 0 Å². The molecule has 12 heavy (non-hydrogen) atoms. The fourth-order valence-corrected chi connectivity index (χ4v) is 2.75. The van der Waals surface area contributed by atoms with Crippen molar-refractivity contribution >= 4 is 23.1 Å². The van der Waals surface area contributed by atoms with Crippen LogP contribution in [0.25, 0.3) is 0 Å². The summed E-state index contributed by atoms with van der Waals surface area (Å²) >= 11 is 3.10. The topological polar surface area (TPSA) is 45.2 Å². The summed E-state index contributed by atoms with van der Waals surface area (Å²) < 4.78 is 0. The zero-order valence-electron chi connectivity index (χ0n) is 6.23. The van der Waals surface area contributed by atoms with Crippen LogP contribution in [0.15, 0.2) is 23.2 Å². The number of aliphatic hydroxyl groups is 1. The van der Waals surface area contributed by atoms with Crippen LogP contribution in [-0.2, 0) is 4.87 Å². The van der Waals surface area contributed by atoms with Gasteiger partial charge in [0.25, 0.3) is 0 Å². The van der Waals surface area contributed by atoms with Crippen LogP contribution in [0.3, 0.4) is 0 Å². The summed E-state index contributed by atoms with van der Waals surface area (Å²) in [5.74, 6) is 0. The Bertz CT molecular complexity index is 276. The van der Waals surface area contributed by atoms with Crippen LogP contribution in [0.5, 0.6) is 0 Å². The maximum atomic E-state index is 9.23. The molecule has 0 aromatic carbocycles. The van der Waals surface area contributed by atoms with Gasteiger partial charge in [-0.2, -0.15) is 0 Å². The van der Waals surface area contributed by atoms with Gasteiger partial charge in [0.05, 0.1) is 6.61 Å². The molecule has 3 nitrogen and oxygen atoms in total. The van der Waals surface area contributed by atoms with E-state index in [2.05, 4.69) is 10.3 Å². The van der Waals surface area contributed by atoms with Crippen LogP contribution < -0.4 is 5.32 Å². The lowest BCUT2D eigenvalue weighted by atomic mass is 10.3. The molecule has 0 saturated carbocycles. The SMILES string of the molecule is OC[C@@]1(c2nccs2)NC=CS1. The molecule has 0 radical (unpaired) electrons. The molecule has 0 saturated heterocycles. The molecule has 0 unspecified atom stereocenters. The first kappa shape index (κ1) is 8.10. The summed E-state index contributed by atoms with van der Waals surface area (Å²) in [4.78, 5) is 3.75. The van der Waals surface area contributed by atoms with Crippen molar-refractivity contribution in [1.29, 1.82) is 0 Å². The largest absolute Gasteiger partial charge is 0.393 e. The summed E-state index contributed by atoms with van der Waals surface area (Å²) in [6, 6.07) is 0. The second kappa shape index (κ2) is 3.08. The van der Waals surface area contributed by atoms with Crippen LogP contribution in [0.4, 0.5) is 0 Å². The Kier molecular flexibility index (Phi) is 2.08. The monoisotopic (exact) mass is 200 g/mol. The van der Waals surface area contributed by atoms with Gasteiger partial charge in [-0.05, 0) is 5.41 Å². The van der Waals surface area contributed by atoms with Gasteiger partial charge < -0.3 is 10.4 Å². The molecule has 1 atom stereocenters. The third kappa shape index (κ3) is 1.14. The highest BCUT2D eigenvalue weighted by Crippen LogP contribution is 2.38. The van der Waals surface area contributed by atoms with E-state index in [1.165, 1.54) is 0 Å². The number of thioether (sulfide) groups is 1. The van der Waals surface area contributed by atoms with Gasteiger partial charge in [0, 0.05) is 17.8 Å². The number of nitrogens with one attached hydrogen (secondary N) is 1. The molecule has 2 N–H and O–H groups in total. The molecular formula is C7H8N2OS2. The number of nitrogens with zero attached hydrogens (tertiary/aromatic N) is 1. The first-order chi connectivity index (χ1) is 5.87. The van der Waals surface area contributed by atoms with Crippen molar-refractivity contribution in [1.82, 2.24) is 10.3 Å². The van der Waals surface area contributed by atoms with Crippen molar-refractivity contribution in [3.05, 3.63) is 28.2 Å². The van der Waals surface area contributed by atoms with Crippen molar-refractivity contribution in [2.45, 2.75) is 4.87 Å². The van der Waals surface area contributed by atoms with Crippen molar-refractivity contribution in [2.24, 2.45) is 0 Å². The molecule has 0 bridgehead atoms. The van der Waals surface area contributed by atoms with Gasteiger partial charge in [0.2, 0.25) is 0 Å². The van der Waals surface area contributed by atoms with Gasteiger partial charge in [0.15, 0.2) is 4.87 Å². The van der Waals surface area contributed by atoms with Crippen molar-refractivity contribution < 1.29 is 5.11 Å². The van der Waals surface area contributed by atoms with Crippen LogP contribution in [0.2, 0.25) is 0 Å². The van der Waals surface area contributed by atoms with E-state index >= 15 is 0 Å². The van der Waals surface area contributed by atoms with Gasteiger partial charge in [-0.1, -0.05) is 11.8 Å².